The number of hydrogen-bond acceptors (Lipinski definition) is 3. The molecular weight excluding hydrogens is 128 g/mol. The Morgan fingerprint density at radius 1 is 1.40 bits per heavy atom. The molecule has 1 radical (unpaired) electrons. The molecule has 0 saturated carbocycles. The van der Waals surface area contributed by atoms with Gasteiger partial charge in [0.05, 0.1) is 0 Å². The van der Waals surface area contributed by atoms with Crippen molar-refractivity contribution in [2.75, 3.05) is 0 Å². The first kappa shape index (κ1) is 5.41. The smallest absolute Gasteiger partial charge is 0.198 e. The van der Waals surface area contributed by atoms with Crippen LogP contribution in [0.4, 0.5) is 0 Å². The van der Waals surface area contributed by atoms with E-state index in [9.17, 15) is 0 Å². The summed E-state index contributed by atoms with van der Waals surface area (Å²) in [5.74, 6) is 0. The lowest BCUT2D eigenvalue weighted by Gasteiger charge is -1.86. The second-order valence-corrected chi connectivity index (χ2v) is 1.98. The SMILES string of the molecule is [CH2]c1ccc2ocnc2n1. The summed E-state index contributed by atoms with van der Waals surface area (Å²) in [4.78, 5) is 7.88. The molecule has 3 nitrogen and oxygen atoms in total. The Hall–Kier alpha value is -1.38. The predicted molar refractivity (Wildman–Crippen MR) is 36.3 cm³/mol. The van der Waals surface area contributed by atoms with Crippen molar-refractivity contribution in [3.63, 3.8) is 0 Å². The number of hydrogen-bond donors (Lipinski definition) is 0. The summed E-state index contributed by atoms with van der Waals surface area (Å²) in [6.07, 6.45) is 1.37. The summed E-state index contributed by atoms with van der Waals surface area (Å²) in [6.45, 7) is 3.66. The molecule has 0 aliphatic carbocycles. The zero-order valence-corrected chi connectivity index (χ0v) is 5.24. The van der Waals surface area contributed by atoms with Crippen LogP contribution in [-0.4, -0.2) is 9.97 Å². The molecule has 0 aromatic carbocycles. The molecule has 0 saturated heterocycles. The van der Waals surface area contributed by atoms with Gasteiger partial charge in [-0.05, 0) is 19.1 Å². The molecule has 10 heavy (non-hydrogen) atoms. The summed E-state index contributed by atoms with van der Waals surface area (Å²) in [5, 5.41) is 0. The Balaban J connectivity index is 2.86. The molecule has 0 atom stereocenters. The van der Waals surface area contributed by atoms with Crippen LogP contribution in [0, 0.1) is 6.92 Å². The van der Waals surface area contributed by atoms with Gasteiger partial charge in [0.1, 0.15) is 0 Å². The molecule has 0 fully saturated rings. The van der Waals surface area contributed by atoms with Crippen LogP contribution in [0.15, 0.2) is 22.9 Å². The van der Waals surface area contributed by atoms with E-state index in [4.69, 9.17) is 4.42 Å². The van der Waals surface area contributed by atoms with Gasteiger partial charge in [-0.1, -0.05) is 0 Å². The largest absolute Gasteiger partial charge is 0.442 e. The van der Waals surface area contributed by atoms with Crippen LogP contribution in [0.25, 0.3) is 11.2 Å². The maximum atomic E-state index is 4.97. The fraction of sp³-hybridized carbons (Fsp3) is 0. The maximum Gasteiger partial charge on any atom is 0.198 e. The number of rotatable bonds is 0. The third-order valence-corrected chi connectivity index (χ3v) is 1.25. The van der Waals surface area contributed by atoms with Crippen LogP contribution in [0.3, 0.4) is 0 Å². The van der Waals surface area contributed by atoms with Crippen LogP contribution < -0.4 is 0 Å². The molecule has 2 rings (SSSR count). The zero-order valence-electron chi connectivity index (χ0n) is 5.24. The Bertz CT molecular complexity index is 353. The van der Waals surface area contributed by atoms with Crippen molar-refractivity contribution in [3.8, 4) is 0 Å². The van der Waals surface area contributed by atoms with Gasteiger partial charge in [-0.2, -0.15) is 4.98 Å². The van der Waals surface area contributed by atoms with E-state index in [0.29, 0.717) is 16.9 Å². The first-order chi connectivity index (χ1) is 4.86. The van der Waals surface area contributed by atoms with Crippen LogP contribution in [0.5, 0.6) is 0 Å². The highest BCUT2D eigenvalue weighted by Crippen LogP contribution is 2.08. The monoisotopic (exact) mass is 133 g/mol. The zero-order chi connectivity index (χ0) is 6.97. The number of pyridine rings is 1. The van der Waals surface area contributed by atoms with Crippen LogP contribution >= 0.6 is 0 Å². The number of aromatic nitrogens is 2. The minimum atomic E-state index is 0.618. The lowest BCUT2D eigenvalue weighted by Crippen LogP contribution is -1.79. The first-order valence-electron chi connectivity index (χ1n) is 2.88. The highest BCUT2D eigenvalue weighted by Gasteiger charge is 1.96. The summed E-state index contributed by atoms with van der Waals surface area (Å²) in [7, 11) is 0. The average Bonchev–Trinajstić information content (AvgIpc) is 2.33. The van der Waals surface area contributed by atoms with Crippen molar-refractivity contribution in [2.24, 2.45) is 0 Å². The van der Waals surface area contributed by atoms with Gasteiger partial charge >= 0.3 is 0 Å². The summed E-state index contributed by atoms with van der Waals surface area (Å²) < 4.78 is 4.97. The quantitative estimate of drug-likeness (QED) is 0.545. The average molecular weight is 133 g/mol. The van der Waals surface area contributed by atoms with E-state index in [-0.39, 0.29) is 0 Å². The molecule has 0 bridgehead atoms. The number of fused-ring (bicyclic) bond motifs is 1. The molecule has 0 amide bonds. The number of oxazole rings is 1. The molecule has 2 heterocycles. The van der Waals surface area contributed by atoms with E-state index in [0.717, 1.165) is 0 Å². The van der Waals surface area contributed by atoms with Crippen molar-refractivity contribution in [3.05, 3.63) is 31.1 Å². The Kier molecular flexibility index (Phi) is 0.974. The summed E-state index contributed by atoms with van der Waals surface area (Å²) >= 11 is 0. The minimum Gasteiger partial charge on any atom is -0.442 e. The van der Waals surface area contributed by atoms with Crippen molar-refractivity contribution in [2.45, 2.75) is 0 Å². The second-order valence-electron chi connectivity index (χ2n) is 1.98. The van der Waals surface area contributed by atoms with Crippen LogP contribution in [-0.2, 0) is 0 Å². The van der Waals surface area contributed by atoms with Gasteiger partial charge in [-0.15, -0.1) is 0 Å². The van der Waals surface area contributed by atoms with Gasteiger partial charge in [-0.3, -0.25) is 0 Å². The Morgan fingerprint density at radius 3 is 3.20 bits per heavy atom. The highest BCUT2D eigenvalue weighted by molar-refractivity contribution is 5.66. The van der Waals surface area contributed by atoms with Gasteiger partial charge in [-0.25, -0.2) is 4.98 Å². The predicted octanol–water partition coefficient (Wildman–Crippen LogP) is 1.40. The van der Waals surface area contributed by atoms with Crippen molar-refractivity contribution < 1.29 is 4.42 Å². The van der Waals surface area contributed by atoms with Gasteiger partial charge in [0.2, 0.25) is 0 Å². The van der Waals surface area contributed by atoms with Crippen molar-refractivity contribution in [1.82, 2.24) is 9.97 Å². The summed E-state index contributed by atoms with van der Waals surface area (Å²) in [5.41, 5.74) is 2.03. The highest BCUT2D eigenvalue weighted by atomic mass is 16.3. The molecule has 0 aliphatic heterocycles. The molecule has 49 valence electrons. The lowest BCUT2D eigenvalue weighted by molar-refractivity contribution is 0.602. The van der Waals surface area contributed by atoms with E-state index in [1.54, 1.807) is 12.1 Å². The van der Waals surface area contributed by atoms with E-state index < -0.39 is 0 Å². The van der Waals surface area contributed by atoms with E-state index in [1.165, 1.54) is 6.39 Å². The van der Waals surface area contributed by atoms with Gasteiger partial charge in [0, 0.05) is 5.69 Å². The molecule has 0 N–H and O–H groups in total. The van der Waals surface area contributed by atoms with E-state index >= 15 is 0 Å². The van der Waals surface area contributed by atoms with Crippen molar-refractivity contribution >= 4 is 11.2 Å². The van der Waals surface area contributed by atoms with Crippen LogP contribution in [0.1, 0.15) is 5.69 Å². The fourth-order valence-corrected chi connectivity index (χ4v) is 0.792. The van der Waals surface area contributed by atoms with Gasteiger partial charge < -0.3 is 4.42 Å². The summed E-state index contributed by atoms with van der Waals surface area (Å²) in [6, 6.07) is 3.59. The third-order valence-electron chi connectivity index (χ3n) is 1.25. The van der Waals surface area contributed by atoms with Crippen molar-refractivity contribution in [1.29, 1.82) is 0 Å². The molecule has 0 spiro atoms. The molecule has 2 aromatic heterocycles. The topological polar surface area (TPSA) is 38.9 Å². The van der Waals surface area contributed by atoms with Gasteiger partial charge in [0.25, 0.3) is 0 Å². The molecule has 0 aliphatic rings. The van der Waals surface area contributed by atoms with E-state index in [2.05, 4.69) is 16.9 Å². The Labute approximate surface area is 57.7 Å². The Morgan fingerprint density at radius 2 is 2.30 bits per heavy atom. The number of nitrogens with zero attached hydrogens (tertiary/aromatic N) is 2. The first-order valence-corrected chi connectivity index (χ1v) is 2.88. The maximum absolute atomic E-state index is 4.97. The molecule has 3 heteroatoms. The third kappa shape index (κ3) is 0.673. The second kappa shape index (κ2) is 1.80. The fourth-order valence-electron chi connectivity index (χ4n) is 0.792. The normalized spacial score (nSPS) is 10.5. The van der Waals surface area contributed by atoms with E-state index in [1.807, 2.05) is 0 Å². The van der Waals surface area contributed by atoms with Gasteiger partial charge in [0.15, 0.2) is 17.6 Å². The molecular formula is C7H5N2O. The standard InChI is InChI=1S/C7H5N2O/c1-5-2-3-6-7(9-5)8-4-10-6/h2-4H,1H2. The van der Waals surface area contributed by atoms with Crippen LogP contribution in [0.2, 0.25) is 0 Å². The minimum absolute atomic E-state index is 0.618. The molecule has 2 aromatic rings. The lowest BCUT2D eigenvalue weighted by atomic mass is 10.4. The molecule has 0 unspecified atom stereocenters.